The van der Waals surface area contributed by atoms with Crippen LogP contribution in [0.15, 0.2) is 30.7 Å². The SMILES string of the molecule is COc1ccc(OC)c2sc(N3CCN(C(=O)c4cnccn4)CC3)nc12. The molecule has 1 aliphatic rings. The highest BCUT2D eigenvalue weighted by Crippen LogP contribution is 2.40. The van der Waals surface area contributed by atoms with Gasteiger partial charge in [0.05, 0.1) is 20.4 Å². The molecule has 0 N–H and O–H groups in total. The van der Waals surface area contributed by atoms with E-state index in [0.717, 1.165) is 26.8 Å². The first-order valence-electron chi connectivity index (χ1n) is 8.53. The lowest BCUT2D eigenvalue weighted by Crippen LogP contribution is -2.49. The number of piperazine rings is 1. The Hall–Kier alpha value is -2.94. The second-order valence-corrected chi connectivity index (χ2v) is 6.99. The number of hydrogen-bond acceptors (Lipinski definition) is 8. The summed E-state index contributed by atoms with van der Waals surface area (Å²) in [7, 11) is 3.29. The molecule has 2 aromatic heterocycles. The van der Waals surface area contributed by atoms with Gasteiger partial charge in [0, 0.05) is 38.6 Å². The van der Waals surface area contributed by atoms with E-state index in [9.17, 15) is 4.79 Å². The summed E-state index contributed by atoms with van der Waals surface area (Å²) in [4.78, 5) is 29.3. The number of thiazole rings is 1. The normalized spacial score (nSPS) is 14.4. The number of ether oxygens (including phenoxy) is 2. The zero-order chi connectivity index (χ0) is 18.8. The Morgan fingerprint density at radius 1 is 1.07 bits per heavy atom. The molecule has 0 aliphatic carbocycles. The fraction of sp³-hybridized carbons (Fsp3) is 0.333. The summed E-state index contributed by atoms with van der Waals surface area (Å²) < 4.78 is 11.8. The van der Waals surface area contributed by atoms with Gasteiger partial charge in [-0.1, -0.05) is 11.3 Å². The van der Waals surface area contributed by atoms with Crippen molar-refractivity contribution in [2.45, 2.75) is 0 Å². The number of fused-ring (bicyclic) bond motifs is 1. The van der Waals surface area contributed by atoms with E-state index in [-0.39, 0.29) is 5.91 Å². The van der Waals surface area contributed by atoms with Crippen molar-refractivity contribution in [1.29, 1.82) is 0 Å². The zero-order valence-corrected chi connectivity index (χ0v) is 15.9. The quantitative estimate of drug-likeness (QED) is 0.680. The van der Waals surface area contributed by atoms with Crippen molar-refractivity contribution in [1.82, 2.24) is 19.9 Å². The van der Waals surface area contributed by atoms with E-state index >= 15 is 0 Å². The molecule has 1 amide bonds. The summed E-state index contributed by atoms with van der Waals surface area (Å²) in [5.74, 6) is 1.42. The van der Waals surface area contributed by atoms with Crippen molar-refractivity contribution in [3.05, 3.63) is 36.4 Å². The predicted molar refractivity (Wildman–Crippen MR) is 103 cm³/mol. The molecule has 9 heteroatoms. The number of carbonyl (C=O) groups excluding carboxylic acids is 1. The largest absolute Gasteiger partial charge is 0.495 e. The van der Waals surface area contributed by atoms with Crippen LogP contribution in [0.25, 0.3) is 10.2 Å². The Labute approximate surface area is 160 Å². The lowest BCUT2D eigenvalue weighted by molar-refractivity contribution is 0.0740. The highest BCUT2D eigenvalue weighted by Gasteiger charge is 2.25. The standard InChI is InChI=1S/C18H19N5O3S/c1-25-13-3-4-14(26-2)16-15(13)21-18(27-16)23-9-7-22(8-10-23)17(24)12-11-19-5-6-20-12/h3-6,11H,7-10H2,1-2H3. The van der Waals surface area contributed by atoms with Crippen LogP contribution >= 0.6 is 11.3 Å². The number of nitrogens with zero attached hydrogens (tertiary/aromatic N) is 5. The molecule has 1 fully saturated rings. The van der Waals surface area contributed by atoms with Gasteiger partial charge in [0.15, 0.2) is 5.13 Å². The maximum absolute atomic E-state index is 12.5. The van der Waals surface area contributed by atoms with Gasteiger partial charge < -0.3 is 19.3 Å². The summed E-state index contributed by atoms with van der Waals surface area (Å²) in [5, 5.41) is 0.902. The molecule has 1 aliphatic heterocycles. The summed E-state index contributed by atoms with van der Waals surface area (Å²) in [5.41, 5.74) is 1.18. The smallest absolute Gasteiger partial charge is 0.274 e. The van der Waals surface area contributed by atoms with Crippen molar-refractivity contribution in [3.8, 4) is 11.5 Å². The van der Waals surface area contributed by atoms with E-state index in [1.54, 1.807) is 36.7 Å². The molecule has 4 rings (SSSR count). The third kappa shape index (κ3) is 3.25. The number of hydrogen-bond donors (Lipinski definition) is 0. The molecule has 0 unspecified atom stereocenters. The minimum atomic E-state index is -0.0876. The minimum absolute atomic E-state index is 0.0876. The Morgan fingerprint density at radius 3 is 2.48 bits per heavy atom. The maximum atomic E-state index is 12.5. The first kappa shape index (κ1) is 17.5. The summed E-state index contributed by atoms with van der Waals surface area (Å²) >= 11 is 1.57. The number of aromatic nitrogens is 3. The molecule has 3 aromatic rings. The van der Waals surface area contributed by atoms with E-state index in [1.807, 2.05) is 12.1 Å². The first-order valence-corrected chi connectivity index (χ1v) is 9.34. The van der Waals surface area contributed by atoms with Crippen molar-refractivity contribution >= 4 is 32.6 Å². The van der Waals surface area contributed by atoms with E-state index in [4.69, 9.17) is 14.5 Å². The monoisotopic (exact) mass is 385 g/mol. The number of methoxy groups -OCH3 is 2. The molecular formula is C18H19N5O3S. The topological polar surface area (TPSA) is 80.7 Å². The van der Waals surface area contributed by atoms with Crippen LogP contribution < -0.4 is 14.4 Å². The van der Waals surface area contributed by atoms with Gasteiger partial charge in [-0.15, -0.1) is 0 Å². The number of benzene rings is 1. The molecule has 0 bridgehead atoms. The first-order chi connectivity index (χ1) is 13.2. The molecule has 1 aromatic carbocycles. The van der Waals surface area contributed by atoms with E-state index in [1.165, 1.54) is 12.4 Å². The Morgan fingerprint density at radius 2 is 1.81 bits per heavy atom. The van der Waals surface area contributed by atoms with Crippen molar-refractivity contribution in [2.75, 3.05) is 45.3 Å². The van der Waals surface area contributed by atoms with Crippen molar-refractivity contribution < 1.29 is 14.3 Å². The fourth-order valence-electron chi connectivity index (χ4n) is 3.08. The maximum Gasteiger partial charge on any atom is 0.274 e. The molecule has 0 saturated carbocycles. The van der Waals surface area contributed by atoms with Gasteiger partial charge in [-0.3, -0.25) is 9.78 Å². The van der Waals surface area contributed by atoms with Crippen LogP contribution in [0.4, 0.5) is 5.13 Å². The van der Waals surface area contributed by atoms with Crippen molar-refractivity contribution in [2.24, 2.45) is 0 Å². The molecule has 8 nitrogen and oxygen atoms in total. The molecule has 140 valence electrons. The summed E-state index contributed by atoms with van der Waals surface area (Å²) in [6.07, 6.45) is 4.59. The van der Waals surface area contributed by atoms with Crippen LogP contribution in [0, 0.1) is 0 Å². The Kier molecular flexibility index (Phi) is 4.76. The van der Waals surface area contributed by atoms with Gasteiger partial charge in [-0.2, -0.15) is 0 Å². The lowest BCUT2D eigenvalue weighted by Gasteiger charge is -2.34. The van der Waals surface area contributed by atoms with E-state index in [0.29, 0.717) is 31.9 Å². The van der Waals surface area contributed by atoms with Crippen LogP contribution in [-0.4, -0.2) is 66.2 Å². The Balaban J connectivity index is 1.52. The second kappa shape index (κ2) is 7.36. The highest BCUT2D eigenvalue weighted by molar-refractivity contribution is 7.22. The number of rotatable bonds is 4. The van der Waals surface area contributed by atoms with E-state index < -0.39 is 0 Å². The van der Waals surface area contributed by atoms with Crippen LogP contribution in [0.5, 0.6) is 11.5 Å². The number of carbonyl (C=O) groups is 1. The molecule has 0 atom stereocenters. The third-order valence-corrected chi connectivity index (χ3v) is 5.65. The van der Waals surface area contributed by atoms with Gasteiger partial charge in [0.25, 0.3) is 5.91 Å². The van der Waals surface area contributed by atoms with Gasteiger partial charge in [0.1, 0.15) is 27.4 Å². The number of amides is 1. The molecule has 0 radical (unpaired) electrons. The van der Waals surface area contributed by atoms with Gasteiger partial charge >= 0.3 is 0 Å². The van der Waals surface area contributed by atoms with Crippen LogP contribution in [0.3, 0.4) is 0 Å². The van der Waals surface area contributed by atoms with E-state index in [2.05, 4.69) is 14.9 Å². The molecule has 1 saturated heterocycles. The molecule has 0 spiro atoms. The van der Waals surface area contributed by atoms with Crippen LogP contribution in [-0.2, 0) is 0 Å². The molecule has 27 heavy (non-hydrogen) atoms. The minimum Gasteiger partial charge on any atom is -0.495 e. The summed E-state index contributed by atoms with van der Waals surface area (Å²) in [6.45, 7) is 2.63. The molecular weight excluding hydrogens is 366 g/mol. The predicted octanol–water partition coefficient (Wildman–Crippen LogP) is 2.07. The van der Waals surface area contributed by atoms with Crippen LogP contribution in [0.2, 0.25) is 0 Å². The number of anilines is 1. The van der Waals surface area contributed by atoms with Crippen molar-refractivity contribution in [3.63, 3.8) is 0 Å². The van der Waals surface area contributed by atoms with Gasteiger partial charge in [-0.25, -0.2) is 9.97 Å². The lowest BCUT2D eigenvalue weighted by atomic mass is 10.3. The average Bonchev–Trinajstić information content (AvgIpc) is 3.19. The fourth-order valence-corrected chi connectivity index (χ4v) is 4.21. The highest BCUT2D eigenvalue weighted by atomic mass is 32.1. The van der Waals surface area contributed by atoms with Gasteiger partial charge in [-0.05, 0) is 12.1 Å². The van der Waals surface area contributed by atoms with Crippen LogP contribution in [0.1, 0.15) is 10.5 Å². The Bertz CT molecular complexity index is 913. The zero-order valence-electron chi connectivity index (χ0n) is 15.1. The van der Waals surface area contributed by atoms with Gasteiger partial charge in [0.2, 0.25) is 0 Å². The third-order valence-electron chi connectivity index (χ3n) is 4.52. The molecule has 3 heterocycles. The summed E-state index contributed by atoms with van der Waals surface area (Å²) in [6, 6.07) is 3.75. The average molecular weight is 385 g/mol. The second-order valence-electron chi connectivity index (χ2n) is 6.01.